The van der Waals surface area contributed by atoms with Gasteiger partial charge in [0.25, 0.3) is 0 Å². The van der Waals surface area contributed by atoms with Crippen LogP contribution in [0.1, 0.15) is 30.5 Å². The summed E-state index contributed by atoms with van der Waals surface area (Å²) in [4.78, 5) is 2.46. The summed E-state index contributed by atoms with van der Waals surface area (Å²) in [6, 6.07) is 9.24. The van der Waals surface area contributed by atoms with Gasteiger partial charge >= 0.3 is 0 Å². The molecule has 0 bridgehead atoms. The van der Waals surface area contributed by atoms with E-state index < -0.39 is 0 Å². The molecule has 0 saturated carbocycles. The first-order chi connectivity index (χ1) is 7.70. The van der Waals surface area contributed by atoms with Gasteiger partial charge in [-0.1, -0.05) is 29.8 Å². The Morgan fingerprint density at radius 2 is 2.06 bits per heavy atom. The molecule has 2 atom stereocenters. The lowest BCUT2D eigenvalue weighted by Crippen LogP contribution is -2.25. The van der Waals surface area contributed by atoms with Crippen LogP contribution in [0.3, 0.4) is 0 Å². The molecule has 1 heterocycles. The molecule has 1 saturated heterocycles. The van der Waals surface area contributed by atoms with Gasteiger partial charge in [0.05, 0.1) is 0 Å². The molecule has 0 radical (unpaired) electrons. The molecule has 0 aliphatic carbocycles. The number of nitrogens with zero attached hydrogens (tertiary/aromatic N) is 1. The fourth-order valence-electron chi connectivity index (χ4n) is 2.42. The SMILES string of the molecule is Cc1ccc(C(C)N2CCC(CO)C2)cc1. The van der Waals surface area contributed by atoms with Crippen LogP contribution in [0.25, 0.3) is 0 Å². The first-order valence-corrected chi connectivity index (χ1v) is 6.12. The largest absolute Gasteiger partial charge is 0.396 e. The maximum absolute atomic E-state index is 9.15. The minimum atomic E-state index is 0.330. The highest BCUT2D eigenvalue weighted by Gasteiger charge is 2.25. The topological polar surface area (TPSA) is 23.5 Å². The molecule has 2 heteroatoms. The third kappa shape index (κ3) is 2.45. The second kappa shape index (κ2) is 4.98. The van der Waals surface area contributed by atoms with Crippen LogP contribution in [0, 0.1) is 12.8 Å². The van der Waals surface area contributed by atoms with Crippen molar-refractivity contribution >= 4 is 0 Å². The van der Waals surface area contributed by atoms with Crippen molar-refractivity contribution in [3.05, 3.63) is 35.4 Å². The van der Waals surface area contributed by atoms with E-state index in [2.05, 4.69) is 43.0 Å². The molecule has 1 aliphatic rings. The number of aliphatic hydroxyl groups is 1. The second-order valence-corrected chi connectivity index (χ2v) is 4.92. The first-order valence-electron chi connectivity index (χ1n) is 6.12. The number of aryl methyl sites for hydroxylation is 1. The molecule has 0 amide bonds. The van der Waals surface area contributed by atoms with Crippen LogP contribution in [0.4, 0.5) is 0 Å². The lowest BCUT2D eigenvalue weighted by atomic mass is 10.1. The summed E-state index contributed by atoms with van der Waals surface area (Å²) >= 11 is 0. The van der Waals surface area contributed by atoms with Gasteiger partial charge in [0.15, 0.2) is 0 Å². The molecule has 1 N–H and O–H groups in total. The standard InChI is InChI=1S/C14H21NO/c1-11-3-5-14(6-4-11)12(2)15-8-7-13(9-15)10-16/h3-6,12-13,16H,7-10H2,1-2H3. The minimum absolute atomic E-state index is 0.330. The molecular formula is C14H21NO. The Morgan fingerprint density at radius 1 is 1.38 bits per heavy atom. The van der Waals surface area contributed by atoms with Crippen LogP contribution in [-0.4, -0.2) is 29.7 Å². The summed E-state index contributed by atoms with van der Waals surface area (Å²) in [6.07, 6.45) is 1.13. The zero-order valence-corrected chi connectivity index (χ0v) is 10.2. The van der Waals surface area contributed by atoms with E-state index in [0.717, 1.165) is 19.5 Å². The molecule has 2 nitrogen and oxygen atoms in total. The number of hydrogen-bond acceptors (Lipinski definition) is 2. The van der Waals surface area contributed by atoms with E-state index in [9.17, 15) is 0 Å². The van der Waals surface area contributed by atoms with Crippen LogP contribution >= 0.6 is 0 Å². The Labute approximate surface area is 97.9 Å². The lowest BCUT2D eigenvalue weighted by Gasteiger charge is -2.24. The van der Waals surface area contributed by atoms with Crippen LogP contribution in [0.15, 0.2) is 24.3 Å². The normalized spacial score (nSPS) is 23.6. The van der Waals surface area contributed by atoms with E-state index in [-0.39, 0.29) is 0 Å². The van der Waals surface area contributed by atoms with Crippen molar-refractivity contribution in [3.63, 3.8) is 0 Å². The van der Waals surface area contributed by atoms with Crippen molar-refractivity contribution in [2.75, 3.05) is 19.7 Å². The molecule has 88 valence electrons. The Morgan fingerprint density at radius 3 is 2.62 bits per heavy atom. The molecule has 16 heavy (non-hydrogen) atoms. The molecule has 1 aromatic carbocycles. The maximum atomic E-state index is 9.15. The number of hydrogen-bond donors (Lipinski definition) is 1. The van der Waals surface area contributed by atoms with Crippen molar-refractivity contribution in [2.24, 2.45) is 5.92 Å². The highest BCUT2D eigenvalue weighted by Crippen LogP contribution is 2.27. The molecular weight excluding hydrogens is 198 g/mol. The van der Waals surface area contributed by atoms with Crippen LogP contribution in [0.2, 0.25) is 0 Å². The van der Waals surface area contributed by atoms with E-state index in [1.165, 1.54) is 11.1 Å². The summed E-state index contributed by atoms with van der Waals surface area (Å²) in [5, 5.41) is 9.15. The third-order valence-electron chi connectivity index (χ3n) is 3.68. The van der Waals surface area contributed by atoms with Gasteiger partial charge in [0.2, 0.25) is 0 Å². The zero-order chi connectivity index (χ0) is 11.5. The summed E-state index contributed by atoms with van der Waals surface area (Å²) < 4.78 is 0. The molecule has 1 fully saturated rings. The van der Waals surface area contributed by atoms with Gasteiger partial charge in [-0.15, -0.1) is 0 Å². The summed E-state index contributed by atoms with van der Waals surface area (Å²) in [7, 11) is 0. The van der Waals surface area contributed by atoms with Gasteiger partial charge in [0.1, 0.15) is 0 Å². The summed E-state index contributed by atoms with van der Waals surface area (Å²) in [6.45, 7) is 6.85. The molecule has 0 spiro atoms. The van der Waals surface area contributed by atoms with Crippen molar-refractivity contribution < 1.29 is 5.11 Å². The average Bonchev–Trinajstić information content (AvgIpc) is 2.77. The molecule has 0 aromatic heterocycles. The smallest absolute Gasteiger partial charge is 0.0471 e. The third-order valence-corrected chi connectivity index (χ3v) is 3.68. The van der Waals surface area contributed by atoms with Gasteiger partial charge in [0, 0.05) is 19.2 Å². The Kier molecular flexibility index (Phi) is 3.62. The number of rotatable bonds is 3. The van der Waals surface area contributed by atoms with E-state index >= 15 is 0 Å². The van der Waals surface area contributed by atoms with Crippen LogP contribution in [-0.2, 0) is 0 Å². The monoisotopic (exact) mass is 219 g/mol. The van der Waals surface area contributed by atoms with Crippen molar-refractivity contribution in [1.82, 2.24) is 4.90 Å². The molecule has 2 rings (SSSR count). The summed E-state index contributed by atoms with van der Waals surface area (Å²) in [5.74, 6) is 0.480. The first kappa shape index (κ1) is 11.6. The Hall–Kier alpha value is -0.860. The average molecular weight is 219 g/mol. The number of aliphatic hydroxyl groups excluding tert-OH is 1. The van der Waals surface area contributed by atoms with Crippen molar-refractivity contribution in [2.45, 2.75) is 26.3 Å². The van der Waals surface area contributed by atoms with E-state index in [0.29, 0.717) is 18.6 Å². The predicted octanol–water partition coefficient (Wildman–Crippen LogP) is 2.37. The van der Waals surface area contributed by atoms with Crippen LogP contribution in [0.5, 0.6) is 0 Å². The zero-order valence-electron chi connectivity index (χ0n) is 10.2. The van der Waals surface area contributed by atoms with Crippen molar-refractivity contribution in [1.29, 1.82) is 0 Å². The quantitative estimate of drug-likeness (QED) is 0.843. The van der Waals surface area contributed by atoms with Gasteiger partial charge in [-0.05, 0) is 38.3 Å². The van der Waals surface area contributed by atoms with Gasteiger partial charge in [-0.25, -0.2) is 0 Å². The highest BCUT2D eigenvalue weighted by atomic mass is 16.3. The van der Waals surface area contributed by atoms with E-state index in [1.54, 1.807) is 0 Å². The molecule has 1 aliphatic heterocycles. The highest BCUT2D eigenvalue weighted by molar-refractivity contribution is 5.23. The predicted molar refractivity (Wildman–Crippen MR) is 66.4 cm³/mol. The van der Waals surface area contributed by atoms with Crippen LogP contribution < -0.4 is 0 Å². The van der Waals surface area contributed by atoms with Crippen molar-refractivity contribution in [3.8, 4) is 0 Å². The van der Waals surface area contributed by atoms with E-state index in [4.69, 9.17) is 5.11 Å². The van der Waals surface area contributed by atoms with E-state index in [1.807, 2.05) is 0 Å². The van der Waals surface area contributed by atoms with Gasteiger partial charge < -0.3 is 5.11 Å². The fraction of sp³-hybridized carbons (Fsp3) is 0.571. The molecule has 2 unspecified atom stereocenters. The van der Waals surface area contributed by atoms with Gasteiger partial charge in [-0.3, -0.25) is 4.90 Å². The number of likely N-dealkylation sites (tertiary alicyclic amines) is 1. The Bertz CT molecular complexity index is 333. The Balaban J connectivity index is 2.02. The molecule has 1 aromatic rings. The lowest BCUT2D eigenvalue weighted by molar-refractivity contribution is 0.204. The van der Waals surface area contributed by atoms with Gasteiger partial charge in [-0.2, -0.15) is 0 Å². The number of benzene rings is 1. The fourth-order valence-corrected chi connectivity index (χ4v) is 2.42. The second-order valence-electron chi connectivity index (χ2n) is 4.92. The maximum Gasteiger partial charge on any atom is 0.0471 e. The minimum Gasteiger partial charge on any atom is -0.396 e. The summed E-state index contributed by atoms with van der Waals surface area (Å²) in [5.41, 5.74) is 2.69.